The number of thioether (sulfide) groups is 1. The lowest BCUT2D eigenvalue weighted by Crippen LogP contribution is -2.70. The minimum atomic E-state index is -1.16. The molecule has 12 heteroatoms. The van der Waals surface area contributed by atoms with Gasteiger partial charge in [-0.2, -0.15) is 5.10 Å². The SMILES string of the molecule is CC1=C(C(=O)O)N2C(=O)[C@H](NC(=O)CCn3ncc([N+](=O)[O-])c3C)[C@@H]2SC1. The second-order valence-electron chi connectivity index (χ2n) is 6.23. The van der Waals surface area contributed by atoms with Gasteiger partial charge < -0.3 is 10.4 Å². The molecule has 2 atom stereocenters. The second kappa shape index (κ2) is 7.02. The highest BCUT2D eigenvalue weighted by Crippen LogP contribution is 2.40. The highest BCUT2D eigenvalue weighted by atomic mass is 32.2. The molecule has 0 spiro atoms. The van der Waals surface area contributed by atoms with Gasteiger partial charge in [0.2, 0.25) is 5.91 Å². The van der Waals surface area contributed by atoms with Crippen molar-refractivity contribution in [2.24, 2.45) is 0 Å². The summed E-state index contributed by atoms with van der Waals surface area (Å²) in [6.45, 7) is 3.34. The largest absolute Gasteiger partial charge is 0.477 e. The first-order valence-electron chi connectivity index (χ1n) is 8.06. The van der Waals surface area contributed by atoms with Gasteiger partial charge in [0.15, 0.2) is 0 Å². The molecule has 144 valence electrons. The average Bonchev–Trinajstić information content (AvgIpc) is 2.98. The molecule has 0 unspecified atom stereocenters. The molecule has 3 heterocycles. The van der Waals surface area contributed by atoms with Crippen LogP contribution in [0.5, 0.6) is 0 Å². The normalized spacial score (nSPS) is 21.6. The summed E-state index contributed by atoms with van der Waals surface area (Å²) in [5.41, 5.74) is 0.807. The zero-order chi connectivity index (χ0) is 19.9. The van der Waals surface area contributed by atoms with Crippen molar-refractivity contribution in [2.45, 2.75) is 38.2 Å². The van der Waals surface area contributed by atoms with E-state index in [2.05, 4.69) is 10.4 Å². The van der Waals surface area contributed by atoms with Crippen molar-refractivity contribution in [3.05, 3.63) is 33.3 Å². The van der Waals surface area contributed by atoms with Gasteiger partial charge >= 0.3 is 11.7 Å². The van der Waals surface area contributed by atoms with E-state index in [1.54, 1.807) is 6.92 Å². The van der Waals surface area contributed by atoms with Gasteiger partial charge in [-0.1, -0.05) is 0 Å². The zero-order valence-corrected chi connectivity index (χ0v) is 15.4. The molecule has 3 rings (SSSR count). The van der Waals surface area contributed by atoms with Crippen LogP contribution in [0.25, 0.3) is 0 Å². The van der Waals surface area contributed by atoms with Gasteiger partial charge in [0.1, 0.15) is 29.0 Å². The molecule has 0 aliphatic carbocycles. The van der Waals surface area contributed by atoms with Crippen LogP contribution >= 0.6 is 11.8 Å². The summed E-state index contributed by atoms with van der Waals surface area (Å²) in [6, 6.07) is -0.780. The lowest BCUT2D eigenvalue weighted by atomic mass is 10.0. The van der Waals surface area contributed by atoms with Crippen LogP contribution in [0, 0.1) is 17.0 Å². The molecular formula is C15H17N5O6S. The number of carboxylic acids is 1. The minimum absolute atomic E-state index is 0.0124. The quantitative estimate of drug-likeness (QED) is 0.396. The number of carboxylic acid groups (broad SMARTS) is 1. The molecule has 1 aromatic heterocycles. The summed E-state index contributed by atoms with van der Waals surface area (Å²) in [7, 11) is 0. The van der Waals surface area contributed by atoms with E-state index in [0.29, 0.717) is 17.0 Å². The maximum absolute atomic E-state index is 12.3. The molecule has 2 aliphatic heterocycles. The van der Waals surface area contributed by atoms with Crippen LogP contribution in [0.2, 0.25) is 0 Å². The van der Waals surface area contributed by atoms with Crippen LogP contribution in [-0.4, -0.2) is 59.7 Å². The highest BCUT2D eigenvalue weighted by Gasteiger charge is 2.53. The summed E-state index contributed by atoms with van der Waals surface area (Å²) in [5.74, 6) is -1.55. The Morgan fingerprint density at radius 1 is 1.48 bits per heavy atom. The Morgan fingerprint density at radius 3 is 2.78 bits per heavy atom. The molecule has 27 heavy (non-hydrogen) atoms. The van der Waals surface area contributed by atoms with Crippen LogP contribution in [0.3, 0.4) is 0 Å². The molecule has 0 saturated carbocycles. The number of carbonyl (C=O) groups is 3. The van der Waals surface area contributed by atoms with Gasteiger partial charge in [-0.15, -0.1) is 11.8 Å². The number of fused-ring (bicyclic) bond motifs is 1. The van der Waals surface area contributed by atoms with Gasteiger partial charge in [-0.05, 0) is 19.4 Å². The van der Waals surface area contributed by atoms with Crippen LogP contribution in [0.15, 0.2) is 17.5 Å². The molecule has 1 fully saturated rings. The summed E-state index contributed by atoms with van der Waals surface area (Å²) in [6.07, 6.45) is 1.11. The van der Waals surface area contributed by atoms with E-state index in [9.17, 15) is 29.6 Å². The molecule has 1 aromatic rings. The molecule has 2 aliphatic rings. The first kappa shape index (κ1) is 18.9. The second-order valence-corrected chi connectivity index (χ2v) is 7.34. The van der Waals surface area contributed by atoms with E-state index in [1.165, 1.54) is 28.3 Å². The standard InChI is InChI=1S/C15H17N5O6S/c1-7-6-27-14-11(13(22)19(14)12(7)15(23)24)17-10(21)3-4-18-8(2)9(5-16-18)20(25)26/h5,11,14H,3-4,6H2,1-2H3,(H,17,21)(H,23,24)/t11-,14-/m0/s1. The number of rotatable bonds is 6. The van der Waals surface area contributed by atoms with Crippen molar-refractivity contribution >= 4 is 35.2 Å². The van der Waals surface area contributed by atoms with Gasteiger partial charge in [0.05, 0.1) is 11.5 Å². The lowest BCUT2D eigenvalue weighted by Gasteiger charge is -2.49. The minimum Gasteiger partial charge on any atom is -0.477 e. The molecular weight excluding hydrogens is 378 g/mol. The highest BCUT2D eigenvalue weighted by molar-refractivity contribution is 8.00. The number of amides is 2. The summed E-state index contributed by atoms with van der Waals surface area (Å²) >= 11 is 1.40. The zero-order valence-electron chi connectivity index (χ0n) is 14.5. The lowest BCUT2D eigenvalue weighted by molar-refractivity contribution is -0.385. The van der Waals surface area contributed by atoms with Gasteiger partial charge in [-0.3, -0.25) is 29.3 Å². The number of nitrogens with one attached hydrogen (secondary N) is 1. The number of aryl methyl sites for hydroxylation is 1. The number of carbonyl (C=O) groups excluding carboxylic acids is 2. The Morgan fingerprint density at radius 2 is 2.19 bits per heavy atom. The third-order valence-corrected chi connectivity index (χ3v) is 5.93. The van der Waals surface area contributed by atoms with Crippen molar-refractivity contribution in [3.63, 3.8) is 0 Å². The maximum Gasteiger partial charge on any atom is 0.352 e. The van der Waals surface area contributed by atoms with Crippen LogP contribution < -0.4 is 5.32 Å². The Hall–Kier alpha value is -2.89. The molecule has 0 radical (unpaired) electrons. The number of aromatic nitrogens is 2. The molecule has 0 aromatic carbocycles. The van der Waals surface area contributed by atoms with E-state index in [0.717, 1.165) is 6.20 Å². The van der Waals surface area contributed by atoms with Crippen molar-refractivity contribution in [3.8, 4) is 0 Å². The molecule has 0 bridgehead atoms. The van der Waals surface area contributed by atoms with Crippen LogP contribution in [0.1, 0.15) is 19.0 Å². The van der Waals surface area contributed by atoms with E-state index < -0.39 is 34.1 Å². The Labute approximate surface area is 157 Å². The van der Waals surface area contributed by atoms with Gasteiger partial charge in [-0.25, -0.2) is 4.79 Å². The van der Waals surface area contributed by atoms with Gasteiger partial charge in [0.25, 0.3) is 5.91 Å². The third kappa shape index (κ3) is 3.27. The van der Waals surface area contributed by atoms with Crippen molar-refractivity contribution < 1.29 is 24.4 Å². The number of hydrogen-bond donors (Lipinski definition) is 2. The smallest absolute Gasteiger partial charge is 0.352 e. The van der Waals surface area contributed by atoms with Gasteiger partial charge in [0, 0.05) is 12.2 Å². The topological polar surface area (TPSA) is 148 Å². The van der Waals surface area contributed by atoms with Crippen molar-refractivity contribution in [1.29, 1.82) is 0 Å². The number of β-lactam (4-membered cyclic amide) rings is 1. The maximum atomic E-state index is 12.3. The number of nitrogens with zero attached hydrogens (tertiary/aromatic N) is 4. The summed E-state index contributed by atoms with van der Waals surface area (Å²) < 4.78 is 1.36. The predicted octanol–water partition coefficient (Wildman–Crippen LogP) is 0.248. The van der Waals surface area contributed by atoms with Crippen LogP contribution in [-0.2, 0) is 20.9 Å². The Bertz CT molecular complexity index is 878. The van der Waals surface area contributed by atoms with E-state index in [1.807, 2.05) is 0 Å². The fourth-order valence-corrected chi connectivity index (χ4v) is 4.36. The molecule has 2 amide bonds. The van der Waals surface area contributed by atoms with E-state index in [-0.39, 0.29) is 24.4 Å². The number of nitro groups is 1. The Balaban J connectivity index is 1.59. The third-order valence-electron chi connectivity index (χ3n) is 4.50. The fraction of sp³-hybridized carbons (Fsp3) is 0.467. The summed E-state index contributed by atoms with van der Waals surface area (Å²) in [5, 5.41) is 26.2. The summed E-state index contributed by atoms with van der Waals surface area (Å²) in [4.78, 5) is 47.3. The monoisotopic (exact) mass is 395 g/mol. The van der Waals surface area contributed by atoms with E-state index in [4.69, 9.17) is 0 Å². The van der Waals surface area contributed by atoms with E-state index >= 15 is 0 Å². The molecule has 11 nitrogen and oxygen atoms in total. The first-order chi connectivity index (χ1) is 12.7. The first-order valence-corrected chi connectivity index (χ1v) is 9.11. The number of aliphatic carboxylic acids is 1. The predicted molar refractivity (Wildman–Crippen MR) is 93.6 cm³/mol. The van der Waals surface area contributed by atoms with Crippen LogP contribution in [0.4, 0.5) is 5.69 Å². The fourth-order valence-electron chi connectivity index (χ4n) is 3.07. The van der Waals surface area contributed by atoms with Crippen molar-refractivity contribution in [1.82, 2.24) is 20.0 Å². The number of hydrogen-bond acceptors (Lipinski definition) is 7. The molecule has 1 saturated heterocycles. The van der Waals surface area contributed by atoms with Crippen molar-refractivity contribution in [2.75, 3.05) is 5.75 Å². The molecule has 2 N–H and O–H groups in total. The Kier molecular flexibility index (Phi) is 4.91. The average molecular weight is 395 g/mol.